The fourth-order valence-corrected chi connectivity index (χ4v) is 0.160. The van der Waals surface area contributed by atoms with Crippen LogP contribution < -0.4 is 0 Å². The van der Waals surface area contributed by atoms with E-state index in [1.807, 2.05) is 0 Å². The van der Waals surface area contributed by atoms with E-state index in [0.29, 0.717) is 0 Å². The van der Waals surface area contributed by atoms with Crippen LogP contribution in [0.25, 0.3) is 0 Å². The van der Waals surface area contributed by atoms with Crippen molar-refractivity contribution in [1.82, 2.24) is 0 Å². The van der Waals surface area contributed by atoms with Crippen LogP contribution in [0.5, 0.6) is 0 Å². The summed E-state index contributed by atoms with van der Waals surface area (Å²) in [4.78, 5) is 0. The molecule has 6 heteroatoms. The van der Waals surface area contributed by atoms with Crippen LogP contribution in [0.15, 0.2) is 0 Å². The quantitative estimate of drug-likeness (QED) is 0.361. The largest absolute Gasteiger partial charge is 0 e. The minimum Gasteiger partial charge on any atom is 0 e. The number of nitrogens with zero attached hydrogens (tertiary/aromatic N) is 2. The molecule has 0 radical (unpaired) electrons. The summed E-state index contributed by atoms with van der Waals surface area (Å²) in [6.07, 6.45) is 2.62. The van der Waals surface area contributed by atoms with Gasteiger partial charge in [0.05, 0.1) is 0 Å². The van der Waals surface area contributed by atoms with Gasteiger partial charge in [0.1, 0.15) is 0 Å². The van der Waals surface area contributed by atoms with E-state index in [2.05, 4.69) is 7.70 Å². The molecular formula is C2CoN2O2Zn. The van der Waals surface area contributed by atoms with Crippen molar-refractivity contribution in [2.24, 2.45) is 0 Å². The van der Waals surface area contributed by atoms with E-state index in [1.165, 1.54) is 12.5 Å². The van der Waals surface area contributed by atoms with Crippen molar-refractivity contribution in [2.75, 3.05) is 0 Å². The zero-order valence-electron chi connectivity index (χ0n) is 3.75. The molecule has 0 N–H and O–H groups in total. The first-order valence-corrected chi connectivity index (χ1v) is 1.98. The van der Waals surface area contributed by atoms with Crippen molar-refractivity contribution in [3.8, 4) is 12.5 Å². The molecule has 0 rings (SSSR count). The van der Waals surface area contributed by atoms with Crippen molar-refractivity contribution in [3.05, 3.63) is 0 Å². The van der Waals surface area contributed by atoms with Crippen LogP contribution >= 0.6 is 0 Å². The Labute approximate surface area is 65.7 Å². The van der Waals surface area contributed by atoms with Crippen molar-refractivity contribution >= 4 is 0 Å². The Hall–Kier alpha value is -0.290. The fourth-order valence-electron chi connectivity index (χ4n) is 0.0387. The molecule has 0 saturated carbocycles. The predicted octanol–water partition coefficient (Wildman–Crippen LogP) is -0.108. The Morgan fingerprint density at radius 1 is 1.12 bits per heavy atom. The Balaban J connectivity index is 0. The first kappa shape index (κ1) is 10.6. The summed E-state index contributed by atoms with van der Waals surface area (Å²) in [5.74, 6) is 0. The minimum absolute atomic E-state index is 0. The molecule has 0 amide bonds. The first-order valence-electron chi connectivity index (χ1n) is 1.13. The Morgan fingerprint density at radius 3 is 1.75 bits per heavy atom. The number of hydrogen-bond acceptors (Lipinski definition) is 4. The molecule has 0 aromatic carbocycles. The topological polar surface area (TPSA) is 66.0 Å². The molecule has 0 saturated heterocycles. The third-order valence-electron chi connectivity index (χ3n) is 0.116. The molecule has 0 bridgehead atoms. The van der Waals surface area contributed by atoms with Gasteiger partial charge in [0.15, 0.2) is 0 Å². The fraction of sp³-hybridized carbons (Fsp3) is 0. The van der Waals surface area contributed by atoms with Crippen LogP contribution in [0.2, 0.25) is 0 Å². The smallest absolute Gasteiger partial charge is 0 e. The van der Waals surface area contributed by atoms with E-state index in [1.54, 1.807) is 0 Å². The zero-order chi connectivity index (χ0) is 5.54. The van der Waals surface area contributed by atoms with Crippen molar-refractivity contribution in [1.29, 1.82) is 10.5 Å². The molecule has 0 spiro atoms. The van der Waals surface area contributed by atoms with E-state index in [-0.39, 0.29) is 34.8 Å². The normalized spacial score (nSPS) is 5.25. The maximum atomic E-state index is 7.62. The van der Waals surface area contributed by atoms with Gasteiger partial charge < -0.3 is 0 Å². The van der Waals surface area contributed by atoms with Crippen molar-refractivity contribution < 1.29 is 42.5 Å². The molecule has 0 aromatic rings. The van der Waals surface area contributed by atoms with Gasteiger partial charge in [-0.15, -0.1) is 0 Å². The summed E-state index contributed by atoms with van der Waals surface area (Å²) in [6, 6.07) is 0. The molecule has 41 valence electrons. The Bertz CT molecular complexity index is 102. The van der Waals surface area contributed by atoms with Gasteiger partial charge in [-0.1, -0.05) is 0 Å². The summed E-state index contributed by atoms with van der Waals surface area (Å²) in [7, 11) is 0. The summed E-state index contributed by atoms with van der Waals surface area (Å²) in [5, 5.41) is 15.2. The average Bonchev–Trinajstić information content (AvgIpc) is 1.69. The molecule has 0 aromatic heterocycles. The van der Waals surface area contributed by atoms with Gasteiger partial charge in [0.2, 0.25) is 0 Å². The average molecular weight is 208 g/mol. The zero-order valence-corrected chi connectivity index (χ0v) is 7.76. The van der Waals surface area contributed by atoms with Crippen molar-refractivity contribution in [2.45, 2.75) is 0 Å². The van der Waals surface area contributed by atoms with Crippen molar-refractivity contribution in [3.63, 3.8) is 0 Å². The van der Waals surface area contributed by atoms with Gasteiger partial charge >= 0.3 is 46.1 Å². The molecule has 0 unspecified atom stereocenters. The summed E-state index contributed by atoms with van der Waals surface area (Å²) >= 11 is -0.0538. The van der Waals surface area contributed by atoms with Crippen LogP contribution in [-0.2, 0) is 42.5 Å². The molecule has 0 aliphatic rings. The molecule has 8 heavy (non-hydrogen) atoms. The van der Waals surface area contributed by atoms with E-state index in [9.17, 15) is 0 Å². The standard InChI is InChI=1S/2CHNO.Co.Zn/c2*2-1-3;;/h2*3H;;/q;;+2;/p-2. The monoisotopic (exact) mass is 207 g/mol. The Kier molecular flexibility index (Phi) is 13.1. The SMILES string of the molecule is N#C[O][Co][O]C#N.[Zn]. The van der Waals surface area contributed by atoms with Crippen LogP contribution in [0.1, 0.15) is 0 Å². The number of nitriles is 2. The molecular weight excluding hydrogens is 208 g/mol. The van der Waals surface area contributed by atoms with Gasteiger partial charge in [-0.25, -0.2) is 0 Å². The van der Waals surface area contributed by atoms with E-state index < -0.39 is 0 Å². The molecule has 0 atom stereocenters. The number of hydrogen-bond donors (Lipinski definition) is 0. The van der Waals surface area contributed by atoms with Gasteiger partial charge in [0.25, 0.3) is 0 Å². The summed E-state index contributed by atoms with van der Waals surface area (Å²) in [6.45, 7) is 0. The van der Waals surface area contributed by atoms with Crippen LogP contribution in [-0.4, -0.2) is 0 Å². The van der Waals surface area contributed by atoms with Gasteiger partial charge in [-0.05, 0) is 0 Å². The molecule has 0 aliphatic carbocycles. The van der Waals surface area contributed by atoms with Crippen LogP contribution in [0.3, 0.4) is 0 Å². The second-order valence-electron chi connectivity index (χ2n) is 0.374. The third-order valence-corrected chi connectivity index (χ3v) is 0.480. The van der Waals surface area contributed by atoms with E-state index in [0.717, 1.165) is 0 Å². The molecule has 0 aliphatic heterocycles. The van der Waals surface area contributed by atoms with Gasteiger partial charge in [0, 0.05) is 19.5 Å². The molecule has 0 heterocycles. The summed E-state index contributed by atoms with van der Waals surface area (Å²) in [5.41, 5.74) is 0. The molecule has 4 nitrogen and oxygen atoms in total. The van der Waals surface area contributed by atoms with Gasteiger partial charge in [-0.2, -0.15) is 0 Å². The maximum Gasteiger partial charge on any atom is 0 e. The van der Waals surface area contributed by atoms with Crippen LogP contribution in [0.4, 0.5) is 0 Å². The molecule has 0 fully saturated rings. The number of rotatable bonds is 2. The summed E-state index contributed by atoms with van der Waals surface area (Å²) < 4.78 is 7.81. The minimum atomic E-state index is -0.0538. The second-order valence-corrected chi connectivity index (χ2v) is 0.973. The third kappa shape index (κ3) is 9.20. The van der Waals surface area contributed by atoms with Crippen LogP contribution in [0, 0.1) is 23.0 Å². The first-order chi connectivity index (χ1) is 3.41. The van der Waals surface area contributed by atoms with Gasteiger partial charge in [-0.3, -0.25) is 0 Å². The second kappa shape index (κ2) is 9.86. The maximum absolute atomic E-state index is 7.62. The van der Waals surface area contributed by atoms with E-state index >= 15 is 0 Å². The van der Waals surface area contributed by atoms with E-state index in [4.69, 9.17) is 10.5 Å². The Morgan fingerprint density at radius 2 is 1.50 bits per heavy atom. The predicted molar refractivity (Wildman–Crippen MR) is 13.4 cm³/mol.